The third-order valence-electron chi connectivity index (χ3n) is 3.41. The smallest absolute Gasteiger partial charge is 0.121 e. The van der Waals surface area contributed by atoms with Crippen molar-refractivity contribution in [1.29, 1.82) is 0 Å². The van der Waals surface area contributed by atoms with Gasteiger partial charge in [0.05, 0.1) is 7.11 Å². The Morgan fingerprint density at radius 3 is 2.47 bits per heavy atom. The van der Waals surface area contributed by atoms with E-state index in [0.29, 0.717) is 6.54 Å². The maximum atomic E-state index is 5.77. The Hall–Kier alpha value is -1.06. The minimum Gasteiger partial charge on any atom is -0.496 e. The van der Waals surface area contributed by atoms with Crippen LogP contribution < -0.4 is 10.5 Å². The second-order valence-corrected chi connectivity index (χ2v) is 5.18. The van der Waals surface area contributed by atoms with Crippen LogP contribution in [0.4, 0.5) is 0 Å². The van der Waals surface area contributed by atoms with E-state index < -0.39 is 0 Å². The lowest BCUT2D eigenvalue weighted by atomic mass is 10.0. The molecule has 0 aliphatic rings. The van der Waals surface area contributed by atoms with Gasteiger partial charge in [0, 0.05) is 18.6 Å². The molecule has 3 nitrogen and oxygen atoms in total. The van der Waals surface area contributed by atoms with E-state index in [1.165, 1.54) is 11.1 Å². The van der Waals surface area contributed by atoms with E-state index in [1.54, 1.807) is 7.11 Å². The first kappa shape index (κ1) is 14.0. The molecule has 1 aromatic carbocycles. The average molecular weight is 236 g/mol. The van der Waals surface area contributed by atoms with Crippen molar-refractivity contribution in [2.45, 2.75) is 32.9 Å². The summed E-state index contributed by atoms with van der Waals surface area (Å²) in [5.41, 5.74) is 8.25. The highest BCUT2D eigenvalue weighted by Crippen LogP contribution is 2.21. The lowest BCUT2D eigenvalue weighted by Crippen LogP contribution is -2.46. The minimum absolute atomic E-state index is 0.0217. The minimum atomic E-state index is 0.0217. The number of hydrogen-bond donors (Lipinski definition) is 1. The van der Waals surface area contributed by atoms with Gasteiger partial charge in [0.25, 0.3) is 0 Å². The van der Waals surface area contributed by atoms with Gasteiger partial charge in [-0.15, -0.1) is 0 Å². The van der Waals surface area contributed by atoms with Gasteiger partial charge >= 0.3 is 0 Å². The van der Waals surface area contributed by atoms with Crippen molar-refractivity contribution in [3.05, 3.63) is 29.3 Å². The van der Waals surface area contributed by atoms with Crippen molar-refractivity contribution >= 4 is 0 Å². The molecule has 0 spiro atoms. The Labute approximate surface area is 105 Å². The number of nitrogens with zero attached hydrogens (tertiary/aromatic N) is 1. The molecule has 96 valence electrons. The molecule has 0 saturated heterocycles. The Balaban J connectivity index is 2.79. The zero-order valence-electron chi connectivity index (χ0n) is 11.6. The summed E-state index contributed by atoms with van der Waals surface area (Å²) in [7, 11) is 3.80. The third-order valence-corrected chi connectivity index (χ3v) is 3.41. The van der Waals surface area contributed by atoms with E-state index in [-0.39, 0.29) is 5.54 Å². The number of rotatable bonds is 5. The van der Waals surface area contributed by atoms with Gasteiger partial charge in [0.2, 0.25) is 0 Å². The molecule has 0 aliphatic carbocycles. The number of ether oxygens (including phenoxy) is 1. The molecule has 0 fully saturated rings. The molecule has 0 unspecified atom stereocenters. The molecule has 0 amide bonds. The quantitative estimate of drug-likeness (QED) is 0.851. The molecule has 2 N–H and O–H groups in total. The molecule has 0 aromatic heterocycles. The van der Waals surface area contributed by atoms with Crippen molar-refractivity contribution in [3.63, 3.8) is 0 Å². The van der Waals surface area contributed by atoms with Crippen molar-refractivity contribution < 1.29 is 4.74 Å². The van der Waals surface area contributed by atoms with Crippen LogP contribution in [0.15, 0.2) is 18.2 Å². The molecule has 17 heavy (non-hydrogen) atoms. The summed E-state index contributed by atoms with van der Waals surface area (Å²) >= 11 is 0. The van der Waals surface area contributed by atoms with Crippen LogP contribution in [-0.2, 0) is 6.54 Å². The highest BCUT2D eigenvalue weighted by molar-refractivity contribution is 5.36. The Kier molecular flexibility index (Phi) is 4.54. The molecule has 0 heterocycles. The number of aryl methyl sites for hydroxylation is 1. The second kappa shape index (κ2) is 5.52. The second-order valence-electron chi connectivity index (χ2n) is 5.18. The fraction of sp³-hybridized carbons (Fsp3) is 0.571. The zero-order valence-corrected chi connectivity index (χ0v) is 11.6. The summed E-state index contributed by atoms with van der Waals surface area (Å²) in [6.45, 7) is 7.93. The summed E-state index contributed by atoms with van der Waals surface area (Å²) < 4.78 is 5.26. The Morgan fingerprint density at radius 2 is 2.00 bits per heavy atom. The van der Waals surface area contributed by atoms with Crippen LogP contribution in [0.25, 0.3) is 0 Å². The van der Waals surface area contributed by atoms with E-state index in [9.17, 15) is 0 Å². The number of likely N-dealkylation sites (N-methyl/N-ethyl adjacent to an activating group) is 1. The van der Waals surface area contributed by atoms with E-state index in [4.69, 9.17) is 10.5 Å². The van der Waals surface area contributed by atoms with E-state index in [1.807, 2.05) is 6.07 Å². The first-order valence-corrected chi connectivity index (χ1v) is 5.95. The summed E-state index contributed by atoms with van der Waals surface area (Å²) in [6.07, 6.45) is 0. The molecule has 0 atom stereocenters. The van der Waals surface area contributed by atoms with Gasteiger partial charge in [-0.2, -0.15) is 0 Å². The number of benzene rings is 1. The number of nitrogens with two attached hydrogens (primary N) is 1. The van der Waals surface area contributed by atoms with Crippen LogP contribution in [0.3, 0.4) is 0 Å². The van der Waals surface area contributed by atoms with E-state index in [2.05, 4.69) is 44.9 Å². The van der Waals surface area contributed by atoms with Crippen LogP contribution in [0.5, 0.6) is 5.75 Å². The van der Waals surface area contributed by atoms with Crippen LogP contribution in [0, 0.1) is 6.92 Å². The van der Waals surface area contributed by atoms with Crippen molar-refractivity contribution in [2.75, 3.05) is 20.7 Å². The van der Waals surface area contributed by atoms with Crippen LogP contribution in [0.1, 0.15) is 25.0 Å². The molecular weight excluding hydrogens is 212 g/mol. The van der Waals surface area contributed by atoms with Gasteiger partial charge in [-0.05, 0) is 45.0 Å². The van der Waals surface area contributed by atoms with Crippen LogP contribution in [0.2, 0.25) is 0 Å². The highest BCUT2D eigenvalue weighted by Gasteiger charge is 2.21. The first-order chi connectivity index (χ1) is 7.90. The van der Waals surface area contributed by atoms with Crippen LogP contribution in [-0.4, -0.2) is 31.1 Å². The molecule has 1 rings (SSSR count). The molecule has 0 aliphatic heterocycles. The largest absolute Gasteiger partial charge is 0.496 e. The molecule has 0 bridgehead atoms. The topological polar surface area (TPSA) is 38.5 Å². The van der Waals surface area contributed by atoms with E-state index in [0.717, 1.165) is 12.3 Å². The van der Waals surface area contributed by atoms with Gasteiger partial charge < -0.3 is 10.5 Å². The van der Waals surface area contributed by atoms with Crippen molar-refractivity contribution in [3.8, 4) is 5.75 Å². The lowest BCUT2D eigenvalue weighted by molar-refractivity contribution is 0.155. The van der Waals surface area contributed by atoms with Gasteiger partial charge in [0.15, 0.2) is 0 Å². The molecular formula is C14H24N2O. The number of hydrogen-bond acceptors (Lipinski definition) is 3. The fourth-order valence-corrected chi connectivity index (χ4v) is 1.68. The predicted octanol–water partition coefficient (Wildman–Crippen LogP) is 2.17. The van der Waals surface area contributed by atoms with Crippen LogP contribution >= 0.6 is 0 Å². The third kappa shape index (κ3) is 3.45. The Bertz CT molecular complexity index is 374. The highest BCUT2D eigenvalue weighted by atomic mass is 16.5. The maximum absolute atomic E-state index is 5.77. The molecule has 3 heteroatoms. The lowest BCUT2D eigenvalue weighted by Gasteiger charge is -2.34. The zero-order chi connectivity index (χ0) is 13.1. The SMILES string of the molecule is COc1ccc(CN(C)C(C)(C)CN)cc1C. The van der Waals surface area contributed by atoms with Gasteiger partial charge in [-0.3, -0.25) is 4.90 Å². The van der Waals surface area contributed by atoms with E-state index >= 15 is 0 Å². The maximum Gasteiger partial charge on any atom is 0.121 e. The van der Waals surface area contributed by atoms with Gasteiger partial charge in [-0.1, -0.05) is 12.1 Å². The normalized spacial score (nSPS) is 11.9. The molecule has 0 radical (unpaired) electrons. The predicted molar refractivity (Wildman–Crippen MR) is 72.3 cm³/mol. The summed E-state index contributed by atoms with van der Waals surface area (Å²) in [5.74, 6) is 0.939. The monoisotopic (exact) mass is 236 g/mol. The van der Waals surface area contributed by atoms with Crippen molar-refractivity contribution in [2.24, 2.45) is 5.73 Å². The van der Waals surface area contributed by atoms with Crippen molar-refractivity contribution in [1.82, 2.24) is 4.90 Å². The number of methoxy groups -OCH3 is 1. The summed E-state index contributed by atoms with van der Waals surface area (Å²) in [6, 6.07) is 6.30. The molecule has 1 aromatic rings. The summed E-state index contributed by atoms with van der Waals surface area (Å²) in [4.78, 5) is 2.27. The summed E-state index contributed by atoms with van der Waals surface area (Å²) in [5, 5.41) is 0. The molecule has 0 saturated carbocycles. The van der Waals surface area contributed by atoms with Gasteiger partial charge in [-0.25, -0.2) is 0 Å². The van der Waals surface area contributed by atoms with Gasteiger partial charge in [0.1, 0.15) is 5.75 Å². The fourth-order valence-electron chi connectivity index (χ4n) is 1.68. The standard InChI is InChI=1S/C14H24N2O/c1-11-8-12(6-7-13(11)17-5)9-16(4)14(2,3)10-15/h6-8H,9-10,15H2,1-5H3. The first-order valence-electron chi connectivity index (χ1n) is 5.95. The Morgan fingerprint density at radius 1 is 1.35 bits per heavy atom. The average Bonchev–Trinajstić information content (AvgIpc) is 2.29.